The number of carboxylic acids is 1. The van der Waals surface area contributed by atoms with E-state index in [-0.39, 0.29) is 11.3 Å². The molecule has 5 rings (SSSR count). The molecule has 0 saturated heterocycles. The average Bonchev–Trinajstić information content (AvgIpc) is 3.45. The third kappa shape index (κ3) is 6.54. The zero-order valence-corrected chi connectivity index (χ0v) is 24.7. The summed E-state index contributed by atoms with van der Waals surface area (Å²) in [7, 11) is -3.00. The van der Waals surface area contributed by atoms with Crippen molar-refractivity contribution in [1.82, 2.24) is 14.1 Å². The van der Waals surface area contributed by atoms with Crippen LogP contribution in [0.5, 0.6) is 0 Å². The predicted molar refractivity (Wildman–Crippen MR) is 161 cm³/mol. The largest absolute Gasteiger partial charge is 0.480 e. The Bertz CT molecular complexity index is 1880. The Hall–Kier alpha value is -4.45. The Morgan fingerprint density at radius 2 is 1.50 bits per heavy atom. The topological polar surface area (TPSA) is 92.5 Å². The number of carbonyl (C=O) groups is 1. The standard InChI is InChI=1S/C32H25ClF3N3O4S/c1-38(30(31(40)41)19-21-5-3-2-4-6-21)44(42,43)27-17-15-26(16-18-27)39-29(23-7-11-24(12-8-23)32(34,35)36)20-28(37-39)22-9-13-25(33)14-10-22/h2-18,20,30H,19H2,1H3,(H,40,41)/t30-/m0/s1. The fourth-order valence-corrected chi connectivity index (χ4v) is 6.12. The van der Waals surface area contributed by atoms with Crippen LogP contribution in [-0.4, -0.2) is 46.7 Å². The number of aliphatic carboxylic acids is 1. The molecule has 0 aliphatic carbocycles. The highest BCUT2D eigenvalue weighted by Gasteiger charge is 2.33. The molecule has 1 heterocycles. The van der Waals surface area contributed by atoms with Crippen LogP contribution in [0.1, 0.15) is 11.1 Å². The molecule has 12 heteroatoms. The van der Waals surface area contributed by atoms with Gasteiger partial charge in [0.25, 0.3) is 0 Å². The van der Waals surface area contributed by atoms with Crippen LogP contribution in [0.3, 0.4) is 0 Å². The van der Waals surface area contributed by atoms with Crippen molar-refractivity contribution >= 4 is 27.6 Å². The Labute approximate surface area is 256 Å². The molecule has 4 aromatic carbocycles. The number of benzene rings is 4. The minimum absolute atomic E-state index is 0.0265. The molecule has 0 aliphatic heterocycles. The van der Waals surface area contributed by atoms with E-state index in [4.69, 9.17) is 11.6 Å². The van der Waals surface area contributed by atoms with Crippen LogP contribution in [0.25, 0.3) is 28.2 Å². The number of hydrogen-bond acceptors (Lipinski definition) is 4. The lowest BCUT2D eigenvalue weighted by molar-refractivity contribution is -0.141. The lowest BCUT2D eigenvalue weighted by Gasteiger charge is -2.24. The predicted octanol–water partition coefficient (Wildman–Crippen LogP) is 7.19. The quantitative estimate of drug-likeness (QED) is 0.184. The molecule has 0 aliphatic rings. The van der Waals surface area contributed by atoms with Gasteiger partial charge in [0.05, 0.1) is 27.5 Å². The molecule has 1 aromatic heterocycles. The van der Waals surface area contributed by atoms with Crippen molar-refractivity contribution in [3.8, 4) is 28.2 Å². The zero-order valence-electron chi connectivity index (χ0n) is 23.1. The number of hydrogen-bond donors (Lipinski definition) is 1. The van der Waals surface area contributed by atoms with Crippen LogP contribution in [-0.2, 0) is 27.4 Å². The number of carboxylic acid groups (broad SMARTS) is 1. The number of aromatic nitrogens is 2. The summed E-state index contributed by atoms with van der Waals surface area (Å²) in [6.45, 7) is 0. The van der Waals surface area contributed by atoms with Gasteiger partial charge in [-0.2, -0.15) is 22.6 Å². The highest BCUT2D eigenvalue weighted by molar-refractivity contribution is 7.89. The summed E-state index contributed by atoms with van der Waals surface area (Å²) in [6, 6.07) is 26.3. The molecule has 0 unspecified atom stereocenters. The summed E-state index contributed by atoms with van der Waals surface area (Å²) in [5.41, 5.74) is 2.44. The molecule has 5 aromatic rings. The Balaban J connectivity index is 1.51. The molecular weight excluding hydrogens is 615 g/mol. The van der Waals surface area contributed by atoms with Gasteiger partial charge in [-0.25, -0.2) is 13.1 Å². The van der Waals surface area contributed by atoms with Crippen LogP contribution in [0.2, 0.25) is 5.02 Å². The second-order valence-corrected chi connectivity index (χ2v) is 12.4. The zero-order chi connectivity index (χ0) is 31.6. The minimum Gasteiger partial charge on any atom is -0.480 e. The molecule has 226 valence electrons. The van der Waals surface area contributed by atoms with Crippen molar-refractivity contribution in [2.45, 2.75) is 23.5 Å². The summed E-state index contributed by atoms with van der Waals surface area (Å²) >= 11 is 6.03. The second kappa shape index (κ2) is 12.3. The van der Waals surface area contributed by atoms with Gasteiger partial charge in [-0.3, -0.25) is 4.79 Å². The summed E-state index contributed by atoms with van der Waals surface area (Å²) in [5.74, 6) is -1.29. The van der Waals surface area contributed by atoms with E-state index in [1.807, 2.05) is 0 Å². The van der Waals surface area contributed by atoms with Crippen molar-refractivity contribution in [1.29, 1.82) is 0 Å². The molecule has 44 heavy (non-hydrogen) atoms. The van der Waals surface area contributed by atoms with Crippen molar-refractivity contribution < 1.29 is 31.5 Å². The first kappa shape index (κ1) is 31.0. The van der Waals surface area contributed by atoms with E-state index in [1.165, 1.54) is 48.1 Å². The highest BCUT2D eigenvalue weighted by Crippen LogP contribution is 2.34. The van der Waals surface area contributed by atoms with Crippen molar-refractivity contribution in [2.24, 2.45) is 0 Å². The van der Waals surface area contributed by atoms with E-state index in [0.717, 1.165) is 16.4 Å². The monoisotopic (exact) mass is 639 g/mol. The second-order valence-electron chi connectivity index (χ2n) is 9.97. The smallest absolute Gasteiger partial charge is 0.416 e. The summed E-state index contributed by atoms with van der Waals surface area (Å²) < 4.78 is 68.9. The molecule has 7 nitrogen and oxygen atoms in total. The Morgan fingerprint density at radius 3 is 2.07 bits per heavy atom. The maximum atomic E-state index is 13.5. The number of rotatable bonds is 9. The number of halogens is 4. The molecule has 0 fully saturated rings. The molecule has 0 saturated carbocycles. The van der Waals surface area contributed by atoms with Gasteiger partial charge in [0, 0.05) is 23.2 Å². The average molecular weight is 640 g/mol. The number of nitrogens with zero attached hydrogens (tertiary/aromatic N) is 3. The van der Waals surface area contributed by atoms with E-state index in [9.17, 15) is 31.5 Å². The van der Waals surface area contributed by atoms with Crippen LogP contribution in [0.15, 0.2) is 114 Å². The van der Waals surface area contributed by atoms with Crippen LogP contribution >= 0.6 is 11.6 Å². The fourth-order valence-electron chi connectivity index (χ4n) is 4.68. The van der Waals surface area contributed by atoms with E-state index >= 15 is 0 Å². The number of sulfonamides is 1. The van der Waals surface area contributed by atoms with Gasteiger partial charge < -0.3 is 5.11 Å². The molecule has 0 radical (unpaired) electrons. The number of alkyl halides is 3. The van der Waals surface area contributed by atoms with E-state index < -0.39 is 33.8 Å². The van der Waals surface area contributed by atoms with Gasteiger partial charge in [0.15, 0.2) is 0 Å². The van der Waals surface area contributed by atoms with Gasteiger partial charge in [0.2, 0.25) is 10.0 Å². The molecule has 0 amide bonds. The van der Waals surface area contributed by atoms with Crippen molar-refractivity contribution in [3.63, 3.8) is 0 Å². The van der Waals surface area contributed by atoms with Crippen LogP contribution in [0.4, 0.5) is 13.2 Å². The van der Waals surface area contributed by atoms with Crippen LogP contribution in [0, 0.1) is 0 Å². The Kier molecular flexibility index (Phi) is 8.64. The Morgan fingerprint density at radius 1 is 0.909 bits per heavy atom. The highest BCUT2D eigenvalue weighted by atomic mass is 35.5. The summed E-state index contributed by atoms with van der Waals surface area (Å²) in [6.07, 6.45) is -4.52. The first-order valence-electron chi connectivity index (χ1n) is 13.2. The van der Waals surface area contributed by atoms with Crippen LogP contribution < -0.4 is 0 Å². The minimum atomic E-state index is -4.50. The van der Waals surface area contributed by atoms with Gasteiger partial charge in [-0.15, -0.1) is 0 Å². The third-order valence-corrected chi connectivity index (χ3v) is 9.24. The van der Waals surface area contributed by atoms with E-state index in [1.54, 1.807) is 60.7 Å². The van der Waals surface area contributed by atoms with E-state index in [2.05, 4.69) is 5.10 Å². The fraction of sp³-hybridized carbons (Fsp3) is 0.125. The van der Waals surface area contributed by atoms with Gasteiger partial charge in [-0.1, -0.05) is 66.2 Å². The molecule has 0 spiro atoms. The van der Waals surface area contributed by atoms with E-state index in [0.29, 0.717) is 38.8 Å². The first-order valence-corrected chi connectivity index (χ1v) is 15.1. The maximum Gasteiger partial charge on any atom is 0.416 e. The molecule has 0 bridgehead atoms. The normalized spacial score (nSPS) is 12.8. The van der Waals surface area contributed by atoms with Crippen molar-refractivity contribution in [2.75, 3.05) is 7.05 Å². The SMILES string of the molecule is CN([C@@H](Cc1ccccc1)C(=O)O)S(=O)(=O)c1ccc(-n2nc(-c3ccc(Cl)cc3)cc2-c2ccc(C(F)(F)F)cc2)cc1. The first-order chi connectivity index (χ1) is 20.8. The molecule has 1 N–H and O–H groups in total. The maximum absolute atomic E-state index is 13.5. The molecular formula is C32H25ClF3N3O4S. The van der Waals surface area contributed by atoms with Gasteiger partial charge in [0.1, 0.15) is 6.04 Å². The lowest BCUT2D eigenvalue weighted by Crippen LogP contribution is -2.43. The molecule has 1 atom stereocenters. The number of likely N-dealkylation sites (N-methyl/N-ethyl adjacent to an activating group) is 1. The summed E-state index contributed by atoms with van der Waals surface area (Å²) in [4.78, 5) is 11.9. The van der Waals surface area contributed by atoms with Gasteiger partial charge in [-0.05, 0) is 66.6 Å². The summed E-state index contributed by atoms with van der Waals surface area (Å²) in [5, 5.41) is 15.0. The lowest BCUT2D eigenvalue weighted by atomic mass is 10.1. The third-order valence-electron chi connectivity index (χ3n) is 7.11. The van der Waals surface area contributed by atoms with Gasteiger partial charge >= 0.3 is 12.1 Å². The van der Waals surface area contributed by atoms with Crippen molar-refractivity contribution in [3.05, 3.63) is 125 Å².